The molecule has 1 atom stereocenters. The molecule has 2 amide bonds. The van der Waals surface area contributed by atoms with Crippen molar-refractivity contribution < 1.29 is 18.0 Å². The monoisotopic (exact) mass is 519 g/mol. The third kappa shape index (κ3) is 6.09. The Balaban J connectivity index is 1.54. The van der Waals surface area contributed by atoms with E-state index in [1.54, 1.807) is 43.3 Å². The number of para-hydroxylation sites is 1. The Morgan fingerprint density at radius 3 is 2.24 bits per heavy atom. The molecule has 8 heteroatoms. The molecule has 3 aromatic rings. The molecule has 3 aromatic carbocycles. The standard InChI is InChI=1S/C29H33N3O4S/c1-20-15-17-32(18-16-20)37(35,36)24-14-13-21(2)26(19-24)29(34)31-27-12-8-7-11-25(27)28(33)30-22(3)23-9-5-4-6-10-23/h4-14,19-20,22H,15-18H2,1-3H3,(H,30,33)(H,31,34)/t22-/m1/s1. The fraction of sp³-hybridized carbons (Fsp3) is 0.310. The first-order chi connectivity index (χ1) is 17.7. The molecule has 1 aliphatic heterocycles. The van der Waals surface area contributed by atoms with Crippen molar-refractivity contribution in [2.24, 2.45) is 5.92 Å². The quantitative estimate of drug-likeness (QED) is 0.451. The number of rotatable bonds is 7. The van der Waals surface area contributed by atoms with Gasteiger partial charge in [0.15, 0.2) is 0 Å². The third-order valence-corrected chi connectivity index (χ3v) is 8.80. The molecule has 4 rings (SSSR count). The van der Waals surface area contributed by atoms with Gasteiger partial charge in [0.1, 0.15) is 0 Å². The molecule has 0 aromatic heterocycles. The van der Waals surface area contributed by atoms with Crippen LogP contribution >= 0.6 is 0 Å². The maximum Gasteiger partial charge on any atom is 0.255 e. The van der Waals surface area contributed by atoms with Gasteiger partial charge in [-0.1, -0.05) is 55.5 Å². The molecule has 2 N–H and O–H groups in total. The molecule has 0 radical (unpaired) electrons. The van der Waals surface area contributed by atoms with Crippen molar-refractivity contribution in [1.82, 2.24) is 9.62 Å². The van der Waals surface area contributed by atoms with Crippen molar-refractivity contribution >= 4 is 27.5 Å². The average molecular weight is 520 g/mol. The molecule has 1 saturated heterocycles. The van der Waals surface area contributed by atoms with Crippen LogP contribution in [0.2, 0.25) is 0 Å². The normalized spacial score (nSPS) is 15.6. The lowest BCUT2D eigenvalue weighted by Gasteiger charge is -2.29. The van der Waals surface area contributed by atoms with Crippen LogP contribution in [-0.4, -0.2) is 37.6 Å². The smallest absolute Gasteiger partial charge is 0.255 e. The maximum atomic E-state index is 13.3. The summed E-state index contributed by atoms with van der Waals surface area (Å²) in [7, 11) is -3.70. The Hall–Kier alpha value is -3.49. The van der Waals surface area contributed by atoms with Gasteiger partial charge in [0.25, 0.3) is 11.8 Å². The van der Waals surface area contributed by atoms with Gasteiger partial charge in [-0.25, -0.2) is 8.42 Å². The maximum absolute atomic E-state index is 13.3. The highest BCUT2D eigenvalue weighted by atomic mass is 32.2. The minimum absolute atomic E-state index is 0.0977. The largest absolute Gasteiger partial charge is 0.345 e. The highest BCUT2D eigenvalue weighted by molar-refractivity contribution is 7.89. The molecule has 0 aliphatic carbocycles. The third-order valence-electron chi connectivity index (χ3n) is 6.90. The van der Waals surface area contributed by atoms with Crippen LogP contribution < -0.4 is 10.6 Å². The Kier molecular flexibility index (Phi) is 8.10. The molecule has 1 aliphatic rings. The minimum Gasteiger partial charge on any atom is -0.345 e. The first-order valence-electron chi connectivity index (χ1n) is 12.5. The van der Waals surface area contributed by atoms with E-state index in [1.807, 2.05) is 37.3 Å². The fourth-order valence-corrected chi connectivity index (χ4v) is 5.96. The Bertz CT molecular complexity index is 1380. The summed E-state index contributed by atoms with van der Waals surface area (Å²) in [6.07, 6.45) is 1.64. The van der Waals surface area contributed by atoms with Crippen LogP contribution in [-0.2, 0) is 10.0 Å². The van der Waals surface area contributed by atoms with Gasteiger partial charge in [0.05, 0.1) is 22.2 Å². The number of aryl methyl sites for hydroxylation is 1. The van der Waals surface area contributed by atoms with E-state index >= 15 is 0 Å². The summed E-state index contributed by atoms with van der Waals surface area (Å²) in [6, 6.07) is 20.8. The van der Waals surface area contributed by atoms with Crippen LogP contribution in [0.3, 0.4) is 0 Å². The molecule has 0 saturated carbocycles. The average Bonchev–Trinajstić information content (AvgIpc) is 2.89. The second-order valence-corrected chi connectivity index (χ2v) is 11.6. The number of anilines is 1. The molecule has 0 unspecified atom stereocenters. The minimum atomic E-state index is -3.70. The summed E-state index contributed by atoms with van der Waals surface area (Å²) in [5.74, 6) is -0.295. The SMILES string of the molecule is Cc1ccc(S(=O)(=O)N2CCC(C)CC2)cc1C(=O)Nc1ccccc1C(=O)N[C@H](C)c1ccccc1. The second-order valence-electron chi connectivity index (χ2n) is 9.67. The number of nitrogens with zero attached hydrogens (tertiary/aromatic N) is 1. The van der Waals surface area contributed by atoms with Crippen LogP contribution in [0, 0.1) is 12.8 Å². The highest BCUT2D eigenvalue weighted by Gasteiger charge is 2.29. The van der Waals surface area contributed by atoms with Crippen LogP contribution in [0.4, 0.5) is 5.69 Å². The summed E-state index contributed by atoms with van der Waals surface area (Å²) in [5.41, 5.74) is 2.53. The summed E-state index contributed by atoms with van der Waals surface area (Å²) < 4.78 is 28.0. The molecule has 1 fully saturated rings. The van der Waals surface area contributed by atoms with E-state index in [1.165, 1.54) is 10.4 Å². The molecule has 37 heavy (non-hydrogen) atoms. The van der Waals surface area contributed by atoms with Gasteiger partial charge >= 0.3 is 0 Å². The van der Waals surface area contributed by atoms with Gasteiger partial charge in [-0.05, 0) is 68.0 Å². The number of hydrogen-bond acceptors (Lipinski definition) is 4. The molecule has 0 spiro atoms. The number of nitrogens with one attached hydrogen (secondary N) is 2. The van der Waals surface area contributed by atoms with E-state index in [-0.39, 0.29) is 22.4 Å². The van der Waals surface area contributed by atoms with Gasteiger partial charge < -0.3 is 10.6 Å². The van der Waals surface area contributed by atoms with Crippen molar-refractivity contribution in [1.29, 1.82) is 0 Å². The lowest BCUT2D eigenvalue weighted by molar-refractivity contribution is 0.0940. The molecular formula is C29H33N3O4S. The number of piperidine rings is 1. The van der Waals surface area contributed by atoms with Gasteiger partial charge in [0.2, 0.25) is 10.0 Å². The topological polar surface area (TPSA) is 95.6 Å². The van der Waals surface area contributed by atoms with E-state index in [0.717, 1.165) is 18.4 Å². The van der Waals surface area contributed by atoms with Gasteiger partial charge in [-0.3, -0.25) is 9.59 Å². The summed E-state index contributed by atoms with van der Waals surface area (Å²) in [6.45, 7) is 6.73. The predicted octanol–water partition coefficient (Wildman–Crippen LogP) is 5.16. The van der Waals surface area contributed by atoms with E-state index in [4.69, 9.17) is 0 Å². The van der Waals surface area contributed by atoms with Gasteiger partial charge in [0, 0.05) is 18.7 Å². The van der Waals surface area contributed by atoms with Gasteiger partial charge in [-0.15, -0.1) is 0 Å². The fourth-order valence-electron chi connectivity index (χ4n) is 4.46. The molecule has 0 bridgehead atoms. The summed E-state index contributed by atoms with van der Waals surface area (Å²) >= 11 is 0. The Morgan fingerprint density at radius 1 is 0.892 bits per heavy atom. The van der Waals surface area contributed by atoms with Crippen LogP contribution in [0.5, 0.6) is 0 Å². The predicted molar refractivity (Wildman–Crippen MR) is 145 cm³/mol. The number of carbonyl (C=O) groups excluding carboxylic acids is 2. The van der Waals surface area contributed by atoms with Crippen molar-refractivity contribution in [3.8, 4) is 0 Å². The van der Waals surface area contributed by atoms with E-state index in [0.29, 0.717) is 35.8 Å². The molecule has 194 valence electrons. The van der Waals surface area contributed by atoms with Crippen molar-refractivity contribution in [3.05, 3.63) is 95.1 Å². The molecule has 7 nitrogen and oxygen atoms in total. The lowest BCUT2D eigenvalue weighted by atomic mass is 10.0. The van der Waals surface area contributed by atoms with Crippen molar-refractivity contribution in [2.45, 2.75) is 44.6 Å². The molecular weight excluding hydrogens is 486 g/mol. The number of sulfonamides is 1. The Morgan fingerprint density at radius 2 is 1.54 bits per heavy atom. The number of hydrogen-bond donors (Lipinski definition) is 2. The van der Waals surface area contributed by atoms with E-state index in [2.05, 4.69) is 17.6 Å². The summed E-state index contributed by atoms with van der Waals surface area (Å²) in [4.78, 5) is 26.5. The summed E-state index contributed by atoms with van der Waals surface area (Å²) in [5, 5.41) is 5.79. The van der Waals surface area contributed by atoms with Crippen LogP contribution in [0.15, 0.2) is 77.7 Å². The van der Waals surface area contributed by atoms with E-state index in [9.17, 15) is 18.0 Å². The van der Waals surface area contributed by atoms with Gasteiger partial charge in [-0.2, -0.15) is 4.31 Å². The zero-order valence-corrected chi connectivity index (χ0v) is 22.2. The zero-order valence-electron chi connectivity index (χ0n) is 21.4. The van der Waals surface area contributed by atoms with Crippen molar-refractivity contribution in [3.63, 3.8) is 0 Å². The van der Waals surface area contributed by atoms with Crippen LogP contribution in [0.1, 0.15) is 64.6 Å². The zero-order chi connectivity index (χ0) is 26.6. The number of amides is 2. The molecule has 1 heterocycles. The lowest BCUT2D eigenvalue weighted by Crippen LogP contribution is -2.38. The van der Waals surface area contributed by atoms with E-state index < -0.39 is 15.9 Å². The number of carbonyl (C=O) groups is 2. The first kappa shape index (κ1) is 26.6. The Labute approximate surface area is 218 Å². The number of benzene rings is 3. The van der Waals surface area contributed by atoms with Crippen molar-refractivity contribution in [2.75, 3.05) is 18.4 Å². The first-order valence-corrected chi connectivity index (χ1v) is 14.0. The second kappa shape index (κ2) is 11.3. The highest BCUT2D eigenvalue weighted by Crippen LogP contribution is 2.26. The van der Waals surface area contributed by atoms with Crippen LogP contribution in [0.25, 0.3) is 0 Å².